The zero-order valence-corrected chi connectivity index (χ0v) is 13.7. The molecule has 2 unspecified atom stereocenters. The molecule has 2 atom stereocenters. The molecule has 1 aliphatic heterocycles. The van der Waals surface area contributed by atoms with Crippen molar-refractivity contribution < 1.29 is 9.53 Å². The predicted molar refractivity (Wildman–Crippen MR) is 87.1 cm³/mol. The van der Waals surface area contributed by atoms with E-state index in [0.29, 0.717) is 11.6 Å². The van der Waals surface area contributed by atoms with Crippen LogP contribution < -0.4 is 10.6 Å². The highest BCUT2D eigenvalue weighted by molar-refractivity contribution is 6.31. The fraction of sp³-hybridized carbons (Fsp3) is 0.533. The van der Waals surface area contributed by atoms with Gasteiger partial charge in [0.25, 0.3) is 0 Å². The van der Waals surface area contributed by atoms with Crippen LogP contribution in [0.15, 0.2) is 24.3 Å². The number of amides is 1. The monoisotopic (exact) mass is 332 g/mol. The summed E-state index contributed by atoms with van der Waals surface area (Å²) in [7, 11) is 0. The van der Waals surface area contributed by atoms with Crippen molar-refractivity contribution in [3.63, 3.8) is 0 Å². The summed E-state index contributed by atoms with van der Waals surface area (Å²) in [5.41, 5.74) is 0.932. The number of nitrogens with one attached hydrogen (secondary N) is 2. The van der Waals surface area contributed by atoms with Gasteiger partial charge in [-0.05, 0) is 31.4 Å². The molecule has 118 valence electrons. The first-order valence-corrected chi connectivity index (χ1v) is 7.40. The average Bonchev–Trinajstić information content (AvgIpc) is 2.92. The van der Waals surface area contributed by atoms with Gasteiger partial charge >= 0.3 is 0 Å². The lowest BCUT2D eigenvalue weighted by atomic mass is 10.1. The summed E-state index contributed by atoms with van der Waals surface area (Å²) in [6.07, 6.45) is 2.44. The van der Waals surface area contributed by atoms with Crippen molar-refractivity contribution in [2.75, 3.05) is 19.7 Å². The second kappa shape index (κ2) is 9.26. The molecule has 1 fully saturated rings. The predicted octanol–water partition coefficient (Wildman–Crippen LogP) is 2.71. The van der Waals surface area contributed by atoms with E-state index in [4.69, 9.17) is 16.3 Å². The number of carbonyl (C=O) groups is 1. The van der Waals surface area contributed by atoms with Crippen molar-refractivity contribution >= 4 is 29.9 Å². The summed E-state index contributed by atoms with van der Waals surface area (Å²) >= 11 is 6.11. The highest BCUT2D eigenvalue weighted by atomic mass is 35.5. The molecule has 0 bridgehead atoms. The molecule has 6 heteroatoms. The molecule has 4 nitrogen and oxygen atoms in total. The Morgan fingerprint density at radius 1 is 1.48 bits per heavy atom. The summed E-state index contributed by atoms with van der Waals surface area (Å²) in [5, 5.41) is 6.74. The summed E-state index contributed by atoms with van der Waals surface area (Å²) in [6.45, 7) is 3.80. The summed E-state index contributed by atoms with van der Waals surface area (Å²) < 4.78 is 5.49. The van der Waals surface area contributed by atoms with Crippen LogP contribution in [0.5, 0.6) is 0 Å². The van der Waals surface area contributed by atoms with Crippen LogP contribution in [-0.2, 0) is 9.53 Å². The van der Waals surface area contributed by atoms with E-state index in [-0.39, 0.29) is 30.5 Å². The third kappa shape index (κ3) is 5.83. The summed E-state index contributed by atoms with van der Waals surface area (Å²) in [6, 6.07) is 7.45. The Bertz CT molecular complexity index is 451. The highest BCUT2D eigenvalue weighted by Gasteiger charge is 2.16. The first-order valence-electron chi connectivity index (χ1n) is 7.03. The number of carbonyl (C=O) groups excluding carboxylic acids is 1. The summed E-state index contributed by atoms with van der Waals surface area (Å²) in [5.74, 6) is -0.0320. The van der Waals surface area contributed by atoms with E-state index < -0.39 is 0 Å². The van der Waals surface area contributed by atoms with E-state index in [0.717, 1.165) is 31.6 Å². The zero-order valence-electron chi connectivity index (χ0n) is 12.1. The Labute approximate surface area is 137 Å². The molecule has 1 aliphatic rings. The van der Waals surface area contributed by atoms with Crippen molar-refractivity contribution in [1.82, 2.24) is 10.6 Å². The molecule has 0 spiro atoms. The largest absolute Gasteiger partial charge is 0.377 e. The van der Waals surface area contributed by atoms with Gasteiger partial charge in [0.15, 0.2) is 0 Å². The van der Waals surface area contributed by atoms with E-state index in [9.17, 15) is 4.79 Å². The molecular formula is C15H22Cl2N2O2. The molecule has 1 heterocycles. The van der Waals surface area contributed by atoms with Crippen LogP contribution in [0.4, 0.5) is 0 Å². The van der Waals surface area contributed by atoms with Crippen molar-refractivity contribution in [2.45, 2.75) is 31.9 Å². The van der Waals surface area contributed by atoms with Gasteiger partial charge in [0.05, 0.1) is 18.7 Å². The van der Waals surface area contributed by atoms with E-state index in [1.165, 1.54) is 0 Å². The molecule has 2 rings (SSSR count). The van der Waals surface area contributed by atoms with E-state index in [1.54, 1.807) is 0 Å². The molecule has 21 heavy (non-hydrogen) atoms. The van der Waals surface area contributed by atoms with Crippen molar-refractivity contribution in [3.05, 3.63) is 34.9 Å². The average molecular weight is 333 g/mol. The number of rotatable bonds is 6. The second-order valence-corrected chi connectivity index (χ2v) is 5.48. The minimum Gasteiger partial charge on any atom is -0.377 e. The van der Waals surface area contributed by atoms with Crippen LogP contribution in [0, 0.1) is 0 Å². The maximum Gasteiger partial charge on any atom is 0.234 e. The van der Waals surface area contributed by atoms with Gasteiger partial charge < -0.3 is 15.4 Å². The topological polar surface area (TPSA) is 50.4 Å². The Kier molecular flexibility index (Phi) is 8.04. The van der Waals surface area contributed by atoms with Crippen LogP contribution in [0.25, 0.3) is 0 Å². The summed E-state index contributed by atoms with van der Waals surface area (Å²) in [4.78, 5) is 11.9. The first kappa shape index (κ1) is 18.2. The lowest BCUT2D eigenvalue weighted by Gasteiger charge is -2.16. The van der Waals surface area contributed by atoms with Crippen LogP contribution >= 0.6 is 24.0 Å². The maximum absolute atomic E-state index is 11.9. The minimum absolute atomic E-state index is 0. The third-order valence-electron chi connectivity index (χ3n) is 3.43. The van der Waals surface area contributed by atoms with Crippen LogP contribution in [0.3, 0.4) is 0 Å². The number of benzene rings is 1. The maximum atomic E-state index is 11.9. The van der Waals surface area contributed by atoms with E-state index in [2.05, 4.69) is 10.6 Å². The van der Waals surface area contributed by atoms with Gasteiger partial charge in [-0.1, -0.05) is 29.8 Å². The van der Waals surface area contributed by atoms with Crippen molar-refractivity contribution in [3.8, 4) is 0 Å². The van der Waals surface area contributed by atoms with Gasteiger partial charge in [-0.25, -0.2) is 0 Å². The normalized spacial score (nSPS) is 18.9. The second-order valence-electron chi connectivity index (χ2n) is 5.08. The van der Waals surface area contributed by atoms with Gasteiger partial charge in [0.1, 0.15) is 0 Å². The fourth-order valence-electron chi connectivity index (χ4n) is 2.35. The van der Waals surface area contributed by atoms with Crippen LogP contribution in [0.2, 0.25) is 5.02 Å². The van der Waals surface area contributed by atoms with Gasteiger partial charge in [0, 0.05) is 18.2 Å². The molecule has 1 saturated heterocycles. The molecule has 1 aromatic carbocycles. The van der Waals surface area contributed by atoms with Gasteiger partial charge in [-0.2, -0.15) is 0 Å². The van der Waals surface area contributed by atoms with E-state index >= 15 is 0 Å². The van der Waals surface area contributed by atoms with Gasteiger partial charge in [0.2, 0.25) is 5.91 Å². The molecular weight excluding hydrogens is 311 g/mol. The van der Waals surface area contributed by atoms with Crippen molar-refractivity contribution in [1.29, 1.82) is 0 Å². The highest BCUT2D eigenvalue weighted by Crippen LogP contribution is 2.21. The zero-order chi connectivity index (χ0) is 14.4. The third-order valence-corrected chi connectivity index (χ3v) is 3.77. The minimum atomic E-state index is -0.0965. The molecule has 0 aliphatic carbocycles. The molecule has 0 saturated carbocycles. The van der Waals surface area contributed by atoms with Gasteiger partial charge in [-0.15, -0.1) is 12.4 Å². The first-order chi connectivity index (χ1) is 9.66. The Morgan fingerprint density at radius 2 is 2.24 bits per heavy atom. The smallest absolute Gasteiger partial charge is 0.234 e. The molecule has 0 aromatic heterocycles. The van der Waals surface area contributed by atoms with Gasteiger partial charge in [-0.3, -0.25) is 4.79 Å². The number of ether oxygens (including phenoxy) is 1. The Hall–Kier alpha value is -0.810. The Balaban J connectivity index is 0.00000220. The number of hydrogen-bond donors (Lipinski definition) is 2. The molecule has 1 amide bonds. The number of halogens is 2. The lowest BCUT2D eigenvalue weighted by Crippen LogP contribution is -2.38. The molecule has 2 N–H and O–H groups in total. The number of hydrogen-bond acceptors (Lipinski definition) is 3. The fourth-order valence-corrected chi connectivity index (χ4v) is 2.65. The molecule has 1 aromatic rings. The lowest BCUT2D eigenvalue weighted by molar-refractivity contribution is -0.120. The Morgan fingerprint density at radius 3 is 2.90 bits per heavy atom. The SMILES string of the molecule is CC(NC(=O)CNCC1CCCO1)c1ccccc1Cl.Cl. The standard InChI is InChI=1S/C15H21ClN2O2.ClH/c1-11(13-6-2-3-7-14(13)16)18-15(19)10-17-9-12-5-4-8-20-12;/h2-3,6-7,11-12,17H,4-5,8-10H2,1H3,(H,18,19);1H. The quantitative estimate of drug-likeness (QED) is 0.842. The molecule has 0 radical (unpaired) electrons. The van der Waals surface area contributed by atoms with Crippen LogP contribution in [0.1, 0.15) is 31.4 Å². The van der Waals surface area contributed by atoms with Crippen LogP contribution in [-0.4, -0.2) is 31.7 Å². The van der Waals surface area contributed by atoms with E-state index in [1.807, 2.05) is 31.2 Å². The van der Waals surface area contributed by atoms with Crippen molar-refractivity contribution in [2.24, 2.45) is 0 Å².